The third-order valence-corrected chi connectivity index (χ3v) is 2.28. The zero-order valence-electron chi connectivity index (χ0n) is 10.4. The lowest BCUT2D eigenvalue weighted by atomic mass is 10.1. The number of rotatable bonds is 7. The normalized spacial score (nSPS) is 11.9. The summed E-state index contributed by atoms with van der Waals surface area (Å²) in [5.41, 5.74) is 2.33. The van der Waals surface area contributed by atoms with E-state index in [9.17, 15) is 5.11 Å². The predicted octanol–water partition coefficient (Wildman–Crippen LogP) is 2.90. The second-order valence-electron chi connectivity index (χ2n) is 4.13. The average molecular weight is 232 g/mol. The minimum absolute atomic E-state index is 0.311. The average Bonchev–Trinajstić information content (AvgIpc) is 2.27. The van der Waals surface area contributed by atoms with Crippen molar-refractivity contribution >= 4 is 0 Å². The topological polar surface area (TPSA) is 29.5 Å². The largest absolute Gasteiger partial charge is 0.491 e. The van der Waals surface area contributed by atoms with Gasteiger partial charge in [-0.15, -0.1) is 13.2 Å². The van der Waals surface area contributed by atoms with Crippen molar-refractivity contribution in [3.63, 3.8) is 0 Å². The van der Waals surface area contributed by atoms with E-state index in [1.165, 1.54) is 11.1 Å². The van der Waals surface area contributed by atoms with Gasteiger partial charge in [0.15, 0.2) is 0 Å². The number of ether oxygens (including phenoxy) is 1. The number of aliphatic hydroxyl groups is 1. The Morgan fingerprint density at radius 1 is 1.18 bits per heavy atom. The SMILES string of the molecule is C=CCc1cc(CC=C)cc(OCC(C)O)c1. The smallest absolute Gasteiger partial charge is 0.120 e. The summed E-state index contributed by atoms with van der Waals surface area (Å²) in [6, 6.07) is 6.09. The van der Waals surface area contributed by atoms with Crippen molar-refractivity contribution < 1.29 is 9.84 Å². The van der Waals surface area contributed by atoms with Gasteiger partial charge in [-0.1, -0.05) is 18.2 Å². The van der Waals surface area contributed by atoms with Crippen LogP contribution < -0.4 is 4.74 Å². The molecular formula is C15H20O2. The zero-order chi connectivity index (χ0) is 12.7. The van der Waals surface area contributed by atoms with Crippen LogP contribution in [0.25, 0.3) is 0 Å². The lowest BCUT2D eigenvalue weighted by molar-refractivity contribution is 0.122. The van der Waals surface area contributed by atoms with Gasteiger partial charge in [-0.3, -0.25) is 0 Å². The van der Waals surface area contributed by atoms with E-state index < -0.39 is 6.10 Å². The Kier molecular flexibility index (Phi) is 5.50. The van der Waals surface area contributed by atoms with E-state index in [2.05, 4.69) is 19.2 Å². The molecule has 0 aromatic heterocycles. The number of hydrogen-bond acceptors (Lipinski definition) is 2. The molecule has 1 atom stereocenters. The molecule has 17 heavy (non-hydrogen) atoms. The minimum atomic E-state index is -0.457. The summed E-state index contributed by atoms with van der Waals surface area (Å²) in [7, 11) is 0. The molecule has 1 unspecified atom stereocenters. The van der Waals surface area contributed by atoms with Crippen LogP contribution in [0.15, 0.2) is 43.5 Å². The minimum Gasteiger partial charge on any atom is -0.491 e. The molecule has 0 saturated heterocycles. The predicted molar refractivity (Wildman–Crippen MR) is 71.4 cm³/mol. The van der Waals surface area contributed by atoms with Crippen LogP contribution in [-0.4, -0.2) is 17.8 Å². The van der Waals surface area contributed by atoms with Gasteiger partial charge in [-0.25, -0.2) is 0 Å². The second kappa shape index (κ2) is 6.92. The Morgan fingerprint density at radius 2 is 1.71 bits per heavy atom. The van der Waals surface area contributed by atoms with E-state index in [0.717, 1.165) is 18.6 Å². The summed E-state index contributed by atoms with van der Waals surface area (Å²) in [6.45, 7) is 9.49. The van der Waals surface area contributed by atoms with Gasteiger partial charge >= 0.3 is 0 Å². The first-order valence-electron chi connectivity index (χ1n) is 5.81. The zero-order valence-corrected chi connectivity index (χ0v) is 10.4. The molecule has 0 bridgehead atoms. The Labute approximate surface area is 103 Å². The molecule has 0 heterocycles. The van der Waals surface area contributed by atoms with E-state index in [1.807, 2.05) is 24.3 Å². The molecule has 1 aromatic rings. The first kappa shape index (κ1) is 13.5. The van der Waals surface area contributed by atoms with E-state index in [0.29, 0.717) is 6.61 Å². The van der Waals surface area contributed by atoms with Crippen LogP contribution in [0.1, 0.15) is 18.1 Å². The number of aliphatic hydroxyl groups excluding tert-OH is 1. The van der Waals surface area contributed by atoms with Gasteiger partial charge in [0.25, 0.3) is 0 Å². The van der Waals surface area contributed by atoms with E-state index >= 15 is 0 Å². The van der Waals surface area contributed by atoms with Crippen molar-refractivity contribution in [2.45, 2.75) is 25.9 Å². The third kappa shape index (κ3) is 4.87. The molecule has 0 saturated carbocycles. The van der Waals surface area contributed by atoms with Crippen LogP contribution in [0.5, 0.6) is 5.75 Å². The van der Waals surface area contributed by atoms with Gasteiger partial charge in [-0.2, -0.15) is 0 Å². The first-order chi connectivity index (χ1) is 8.15. The van der Waals surface area contributed by atoms with Crippen LogP contribution in [-0.2, 0) is 12.8 Å². The van der Waals surface area contributed by atoms with Crippen molar-refractivity contribution in [3.05, 3.63) is 54.6 Å². The Balaban J connectivity index is 2.86. The first-order valence-corrected chi connectivity index (χ1v) is 5.81. The van der Waals surface area contributed by atoms with E-state index in [4.69, 9.17) is 4.74 Å². The van der Waals surface area contributed by atoms with Crippen LogP contribution in [0, 0.1) is 0 Å². The molecule has 0 amide bonds. The van der Waals surface area contributed by atoms with Crippen LogP contribution >= 0.6 is 0 Å². The highest BCUT2D eigenvalue weighted by molar-refractivity contribution is 5.36. The van der Waals surface area contributed by atoms with Crippen molar-refractivity contribution in [2.75, 3.05) is 6.61 Å². The fraction of sp³-hybridized carbons (Fsp3) is 0.333. The van der Waals surface area contributed by atoms with Gasteiger partial charge in [0.05, 0.1) is 6.10 Å². The van der Waals surface area contributed by atoms with Crippen LogP contribution in [0.4, 0.5) is 0 Å². The Morgan fingerprint density at radius 3 is 2.12 bits per heavy atom. The molecule has 0 aliphatic rings. The summed E-state index contributed by atoms with van der Waals surface area (Å²) in [4.78, 5) is 0. The monoisotopic (exact) mass is 232 g/mol. The van der Waals surface area contributed by atoms with Gasteiger partial charge in [0.2, 0.25) is 0 Å². The number of benzene rings is 1. The maximum absolute atomic E-state index is 9.20. The summed E-state index contributed by atoms with van der Waals surface area (Å²) >= 11 is 0. The molecule has 1 N–H and O–H groups in total. The molecule has 1 aromatic carbocycles. The maximum Gasteiger partial charge on any atom is 0.120 e. The van der Waals surface area contributed by atoms with Gasteiger partial charge in [-0.05, 0) is 43.0 Å². The third-order valence-electron chi connectivity index (χ3n) is 2.28. The fourth-order valence-electron chi connectivity index (χ4n) is 1.60. The summed E-state index contributed by atoms with van der Waals surface area (Å²) in [5, 5.41) is 9.20. The lowest BCUT2D eigenvalue weighted by Crippen LogP contribution is -2.13. The molecule has 0 aliphatic carbocycles. The van der Waals surface area contributed by atoms with Gasteiger partial charge < -0.3 is 9.84 Å². The molecule has 2 heteroatoms. The van der Waals surface area contributed by atoms with Crippen molar-refractivity contribution in [1.82, 2.24) is 0 Å². The number of hydrogen-bond donors (Lipinski definition) is 1. The number of allylic oxidation sites excluding steroid dienone is 2. The molecule has 92 valence electrons. The summed E-state index contributed by atoms with van der Waals surface area (Å²) in [6.07, 6.45) is 4.91. The van der Waals surface area contributed by atoms with E-state index in [-0.39, 0.29) is 0 Å². The second-order valence-corrected chi connectivity index (χ2v) is 4.13. The molecule has 0 fully saturated rings. The van der Waals surface area contributed by atoms with Crippen molar-refractivity contribution in [3.8, 4) is 5.75 Å². The molecular weight excluding hydrogens is 212 g/mol. The highest BCUT2D eigenvalue weighted by Crippen LogP contribution is 2.19. The summed E-state index contributed by atoms with van der Waals surface area (Å²) in [5.74, 6) is 0.794. The van der Waals surface area contributed by atoms with Crippen molar-refractivity contribution in [2.24, 2.45) is 0 Å². The van der Waals surface area contributed by atoms with Crippen LogP contribution in [0.2, 0.25) is 0 Å². The van der Waals surface area contributed by atoms with Crippen molar-refractivity contribution in [1.29, 1.82) is 0 Å². The highest BCUT2D eigenvalue weighted by Gasteiger charge is 2.02. The molecule has 0 aliphatic heterocycles. The molecule has 2 nitrogen and oxygen atoms in total. The standard InChI is InChI=1S/C15H20O2/c1-4-6-13-8-14(7-5-2)10-15(9-13)17-11-12(3)16/h4-5,8-10,12,16H,1-2,6-7,11H2,3H3. The van der Waals surface area contributed by atoms with Gasteiger partial charge in [0.1, 0.15) is 12.4 Å². The molecule has 0 spiro atoms. The lowest BCUT2D eigenvalue weighted by Gasteiger charge is -2.11. The maximum atomic E-state index is 9.20. The summed E-state index contributed by atoms with van der Waals surface area (Å²) < 4.78 is 5.52. The fourth-order valence-corrected chi connectivity index (χ4v) is 1.60. The van der Waals surface area contributed by atoms with Crippen LogP contribution in [0.3, 0.4) is 0 Å². The molecule has 0 radical (unpaired) electrons. The molecule has 1 rings (SSSR count). The highest BCUT2D eigenvalue weighted by atomic mass is 16.5. The van der Waals surface area contributed by atoms with Gasteiger partial charge in [0, 0.05) is 0 Å². The quantitative estimate of drug-likeness (QED) is 0.732. The Hall–Kier alpha value is -1.54. The van der Waals surface area contributed by atoms with E-state index in [1.54, 1.807) is 6.92 Å². The Bertz CT molecular complexity index is 352.